The first-order valence-electron chi connectivity index (χ1n) is 7.58. The maximum atomic E-state index is 12.9. The van der Waals surface area contributed by atoms with Gasteiger partial charge in [-0.15, -0.1) is 0 Å². The van der Waals surface area contributed by atoms with Crippen LogP contribution in [0.2, 0.25) is 0 Å². The topological polar surface area (TPSA) is 95.7 Å². The van der Waals surface area contributed by atoms with Crippen molar-refractivity contribution < 1.29 is 41.3 Å². The molecule has 7 nitrogen and oxygen atoms in total. The first-order chi connectivity index (χ1) is 13.7. The fourth-order valence-electron chi connectivity index (χ4n) is 2.14. The van der Waals surface area contributed by atoms with Crippen LogP contribution in [0.5, 0.6) is 0 Å². The third kappa shape index (κ3) is 5.42. The first-order valence-corrected chi connectivity index (χ1v) is 7.99. The fourth-order valence-corrected chi connectivity index (χ4v) is 2.34. The van der Waals surface area contributed by atoms with E-state index < -0.39 is 45.0 Å². The number of nitro benzene ring substituents is 1. The summed E-state index contributed by atoms with van der Waals surface area (Å²) in [6.07, 6.45) is -10.3. The van der Waals surface area contributed by atoms with Gasteiger partial charge in [0.2, 0.25) is 5.11 Å². The minimum absolute atomic E-state index is 0.148. The summed E-state index contributed by atoms with van der Waals surface area (Å²) < 4.78 is 77.3. The number of hydroxylamine groups is 1. The molecule has 2 rings (SSSR count). The minimum Gasteiger partial charge on any atom is -0.297 e. The molecule has 0 radical (unpaired) electrons. The van der Waals surface area contributed by atoms with Crippen molar-refractivity contribution >= 4 is 34.6 Å². The van der Waals surface area contributed by atoms with E-state index in [1.165, 1.54) is 0 Å². The molecule has 0 heterocycles. The van der Waals surface area contributed by atoms with Gasteiger partial charge >= 0.3 is 12.4 Å². The number of thiocarbonyl (C=S) groups is 1. The second-order valence-corrected chi connectivity index (χ2v) is 6.03. The van der Waals surface area contributed by atoms with Crippen molar-refractivity contribution in [2.75, 3.05) is 5.06 Å². The number of nitro groups is 1. The third-order valence-electron chi connectivity index (χ3n) is 3.57. The van der Waals surface area contributed by atoms with Crippen LogP contribution in [0.25, 0.3) is 0 Å². The van der Waals surface area contributed by atoms with Crippen molar-refractivity contribution in [3.63, 3.8) is 0 Å². The van der Waals surface area contributed by atoms with E-state index in [1.54, 1.807) is 5.32 Å². The number of anilines is 1. The smallest absolute Gasteiger partial charge is 0.297 e. The number of nitrogens with zero attached hydrogens (tertiary/aromatic N) is 2. The molecule has 0 aliphatic heterocycles. The number of amides is 1. The van der Waals surface area contributed by atoms with Gasteiger partial charge in [0.1, 0.15) is 0 Å². The summed E-state index contributed by atoms with van der Waals surface area (Å²) in [5.41, 5.74) is -4.90. The molecule has 0 spiro atoms. The Kier molecular flexibility index (Phi) is 6.32. The van der Waals surface area contributed by atoms with Crippen LogP contribution >= 0.6 is 12.2 Å². The van der Waals surface area contributed by atoms with Crippen LogP contribution in [0.3, 0.4) is 0 Å². The predicted octanol–water partition coefficient (Wildman–Crippen LogP) is 4.54. The average Bonchev–Trinajstić information content (AvgIpc) is 2.65. The molecule has 0 fully saturated rings. The van der Waals surface area contributed by atoms with Crippen LogP contribution in [-0.2, 0) is 12.4 Å². The van der Waals surface area contributed by atoms with Gasteiger partial charge in [0, 0.05) is 17.7 Å². The Bertz CT molecular complexity index is 960. The maximum Gasteiger partial charge on any atom is 0.416 e. The van der Waals surface area contributed by atoms with Gasteiger partial charge in [0.05, 0.1) is 21.7 Å². The van der Waals surface area contributed by atoms with Crippen molar-refractivity contribution in [2.45, 2.75) is 12.4 Å². The zero-order valence-electron chi connectivity index (χ0n) is 14.3. The van der Waals surface area contributed by atoms with Crippen LogP contribution in [0.1, 0.15) is 21.5 Å². The highest BCUT2D eigenvalue weighted by atomic mass is 32.1. The molecule has 0 saturated carbocycles. The lowest BCUT2D eigenvalue weighted by Crippen LogP contribution is -2.41. The number of nitrogens with one attached hydrogen (secondary N) is 1. The van der Waals surface area contributed by atoms with Crippen molar-refractivity contribution in [1.82, 2.24) is 5.32 Å². The van der Waals surface area contributed by atoms with Gasteiger partial charge < -0.3 is 0 Å². The molecule has 0 bridgehead atoms. The summed E-state index contributed by atoms with van der Waals surface area (Å²) in [6.45, 7) is 0. The standard InChI is InChI=1S/C16H9F6N3O4S/c17-15(18,19)9-5-8(6-10(7-9)16(20,21)22)13(26)23-14(30)24(27)11-1-3-12(4-2-11)25(28)29/h1-7,27H,(H,23,26,30). The number of rotatable bonds is 3. The van der Waals surface area contributed by atoms with Crippen LogP contribution in [0.15, 0.2) is 42.5 Å². The zero-order valence-corrected chi connectivity index (χ0v) is 15.1. The normalized spacial score (nSPS) is 11.7. The fraction of sp³-hybridized carbons (Fsp3) is 0.125. The van der Waals surface area contributed by atoms with Crippen LogP contribution < -0.4 is 10.4 Å². The molecular formula is C16H9F6N3O4S. The number of non-ortho nitro benzene ring substituents is 1. The Morgan fingerprint density at radius 3 is 1.87 bits per heavy atom. The van der Waals surface area contributed by atoms with Crippen molar-refractivity contribution in [3.05, 3.63) is 69.3 Å². The minimum atomic E-state index is -5.15. The van der Waals surface area contributed by atoms with Crippen LogP contribution in [-0.4, -0.2) is 21.2 Å². The molecule has 0 unspecified atom stereocenters. The first kappa shape index (κ1) is 23.0. The number of carbonyl (C=O) groups is 1. The van der Waals surface area contributed by atoms with E-state index in [0.29, 0.717) is 0 Å². The Morgan fingerprint density at radius 2 is 1.47 bits per heavy atom. The Labute approximate surface area is 168 Å². The molecule has 30 heavy (non-hydrogen) atoms. The number of hydrogen-bond donors (Lipinski definition) is 2. The molecule has 2 N–H and O–H groups in total. The molecule has 0 aliphatic carbocycles. The number of halogens is 6. The summed E-state index contributed by atoms with van der Waals surface area (Å²) in [5, 5.41) is 21.7. The molecule has 0 aliphatic rings. The molecule has 160 valence electrons. The van der Waals surface area contributed by atoms with Crippen molar-refractivity contribution in [2.24, 2.45) is 0 Å². The molecule has 0 aromatic heterocycles. The molecule has 2 aromatic carbocycles. The van der Waals surface area contributed by atoms with Gasteiger partial charge in [-0.1, -0.05) is 0 Å². The lowest BCUT2D eigenvalue weighted by Gasteiger charge is -2.19. The van der Waals surface area contributed by atoms with Crippen LogP contribution in [0, 0.1) is 10.1 Å². The summed E-state index contributed by atoms with van der Waals surface area (Å²) >= 11 is 4.70. The molecule has 0 saturated heterocycles. The lowest BCUT2D eigenvalue weighted by atomic mass is 10.0. The summed E-state index contributed by atoms with van der Waals surface area (Å²) in [7, 11) is 0. The van der Waals surface area contributed by atoms with E-state index in [4.69, 9.17) is 12.2 Å². The van der Waals surface area contributed by atoms with Crippen molar-refractivity contribution in [1.29, 1.82) is 0 Å². The predicted molar refractivity (Wildman–Crippen MR) is 93.9 cm³/mol. The number of carbonyl (C=O) groups excluding carboxylic acids is 1. The highest BCUT2D eigenvalue weighted by molar-refractivity contribution is 7.80. The van der Waals surface area contributed by atoms with E-state index >= 15 is 0 Å². The largest absolute Gasteiger partial charge is 0.416 e. The Balaban J connectivity index is 2.27. The van der Waals surface area contributed by atoms with Gasteiger partial charge in [-0.3, -0.25) is 25.4 Å². The van der Waals surface area contributed by atoms with Gasteiger partial charge in [-0.05, 0) is 42.5 Å². The summed E-state index contributed by atoms with van der Waals surface area (Å²) in [4.78, 5) is 22.0. The quantitative estimate of drug-likeness (QED) is 0.307. The summed E-state index contributed by atoms with van der Waals surface area (Å²) in [6, 6.07) is 4.31. The highest BCUT2D eigenvalue weighted by Crippen LogP contribution is 2.36. The van der Waals surface area contributed by atoms with Gasteiger partial charge in [-0.2, -0.15) is 31.4 Å². The second-order valence-electron chi connectivity index (χ2n) is 5.64. The number of benzene rings is 2. The van der Waals surface area contributed by atoms with Crippen molar-refractivity contribution in [3.8, 4) is 0 Å². The maximum absolute atomic E-state index is 12.9. The lowest BCUT2D eigenvalue weighted by molar-refractivity contribution is -0.384. The summed E-state index contributed by atoms with van der Waals surface area (Å²) in [5.74, 6) is -1.45. The molecule has 1 amide bonds. The number of alkyl halides is 6. The van der Waals surface area contributed by atoms with E-state index in [0.717, 1.165) is 24.3 Å². The van der Waals surface area contributed by atoms with E-state index in [2.05, 4.69) is 0 Å². The zero-order chi connectivity index (χ0) is 22.9. The molecule has 0 atom stereocenters. The Morgan fingerprint density at radius 1 is 1.00 bits per heavy atom. The highest BCUT2D eigenvalue weighted by Gasteiger charge is 2.37. The monoisotopic (exact) mass is 453 g/mol. The third-order valence-corrected chi connectivity index (χ3v) is 3.84. The second kappa shape index (κ2) is 8.23. The van der Waals surface area contributed by atoms with Gasteiger partial charge in [0.25, 0.3) is 11.6 Å². The van der Waals surface area contributed by atoms with Gasteiger partial charge in [-0.25, -0.2) is 0 Å². The molecule has 14 heteroatoms. The van der Waals surface area contributed by atoms with E-state index in [1.807, 2.05) is 0 Å². The molecule has 2 aromatic rings. The average molecular weight is 453 g/mol. The molecular weight excluding hydrogens is 444 g/mol. The SMILES string of the molecule is O=C(NC(=S)N(O)c1ccc([N+](=O)[O-])cc1)c1cc(C(F)(F)F)cc(C(F)(F)F)c1. The number of hydrogen-bond acceptors (Lipinski definition) is 5. The Hall–Kier alpha value is -3.26. The van der Waals surface area contributed by atoms with Gasteiger partial charge in [0.15, 0.2) is 0 Å². The van der Waals surface area contributed by atoms with E-state index in [9.17, 15) is 46.5 Å². The van der Waals surface area contributed by atoms with Crippen LogP contribution in [0.4, 0.5) is 37.7 Å². The van der Waals surface area contributed by atoms with E-state index in [-0.39, 0.29) is 34.6 Å².